The molecule has 0 spiro atoms. The molecular weight excluding hydrogens is 410 g/mol. The number of benzene rings is 2. The van der Waals surface area contributed by atoms with Gasteiger partial charge in [0, 0.05) is 10.6 Å². The highest BCUT2D eigenvalue weighted by atomic mass is 35.5. The van der Waals surface area contributed by atoms with Gasteiger partial charge in [-0.2, -0.15) is 0 Å². The van der Waals surface area contributed by atoms with E-state index in [1.54, 1.807) is 51.1 Å². The summed E-state index contributed by atoms with van der Waals surface area (Å²) in [5.41, 5.74) is -0.834. The Morgan fingerprint density at radius 1 is 1.17 bits per heavy atom. The average molecular weight is 430 g/mol. The molecule has 0 aliphatic carbocycles. The van der Waals surface area contributed by atoms with Crippen molar-refractivity contribution in [2.24, 2.45) is 0 Å². The SMILES string of the molecule is CC(C)(C)OC(=O)CNC(=O)c1c(O)c2ccc(-c3ccccc3Cl)cc2oc1=O. The van der Waals surface area contributed by atoms with E-state index >= 15 is 0 Å². The predicted molar refractivity (Wildman–Crippen MR) is 113 cm³/mol. The molecule has 2 aromatic carbocycles. The van der Waals surface area contributed by atoms with Crippen LogP contribution in [-0.4, -0.2) is 29.1 Å². The number of hydrogen-bond donors (Lipinski definition) is 2. The van der Waals surface area contributed by atoms with Crippen LogP contribution in [0.3, 0.4) is 0 Å². The van der Waals surface area contributed by atoms with E-state index in [2.05, 4.69) is 5.32 Å². The summed E-state index contributed by atoms with van der Waals surface area (Å²) < 4.78 is 10.3. The van der Waals surface area contributed by atoms with Gasteiger partial charge in [0.05, 0.1) is 5.39 Å². The van der Waals surface area contributed by atoms with Crippen LogP contribution < -0.4 is 10.9 Å². The van der Waals surface area contributed by atoms with E-state index in [1.807, 2.05) is 6.07 Å². The molecule has 3 rings (SSSR count). The number of nitrogens with one attached hydrogen (secondary N) is 1. The Hall–Kier alpha value is -3.32. The monoisotopic (exact) mass is 429 g/mol. The van der Waals surface area contributed by atoms with E-state index in [-0.39, 0.29) is 11.0 Å². The first-order chi connectivity index (χ1) is 14.1. The van der Waals surface area contributed by atoms with E-state index in [0.29, 0.717) is 10.6 Å². The number of carbonyl (C=O) groups is 2. The fourth-order valence-corrected chi connectivity index (χ4v) is 3.11. The van der Waals surface area contributed by atoms with Crippen LogP contribution in [0.15, 0.2) is 51.7 Å². The quantitative estimate of drug-likeness (QED) is 0.481. The van der Waals surface area contributed by atoms with Gasteiger partial charge in [0.25, 0.3) is 5.91 Å². The van der Waals surface area contributed by atoms with Gasteiger partial charge in [0.2, 0.25) is 0 Å². The van der Waals surface area contributed by atoms with Crippen molar-refractivity contribution >= 4 is 34.4 Å². The lowest BCUT2D eigenvalue weighted by molar-refractivity contribution is -0.153. The van der Waals surface area contributed by atoms with Gasteiger partial charge in [0.1, 0.15) is 23.5 Å². The fraction of sp³-hybridized carbons (Fsp3) is 0.227. The van der Waals surface area contributed by atoms with Gasteiger partial charge in [0.15, 0.2) is 5.56 Å². The highest BCUT2D eigenvalue weighted by molar-refractivity contribution is 6.33. The lowest BCUT2D eigenvalue weighted by Crippen LogP contribution is -2.36. The Bertz CT molecular complexity index is 1190. The van der Waals surface area contributed by atoms with Gasteiger partial charge in [-0.3, -0.25) is 9.59 Å². The topological polar surface area (TPSA) is 106 Å². The Labute approximate surface area is 177 Å². The molecule has 1 aromatic heterocycles. The van der Waals surface area contributed by atoms with Crippen LogP contribution >= 0.6 is 11.6 Å². The zero-order valence-corrected chi connectivity index (χ0v) is 17.4. The number of ether oxygens (including phenoxy) is 1. The highest BCUT2D eigenvalue weighted by Crippen LogP contribution is 2.33. The number of aromatic hydroxyl groups is 1. The number of fused-ring (bicyclic) bond motifs is 1. The van der Waals surface area contributed by atoms with Crippen LogP contribution in [0.1, 0.15) is 31.1 Å². The van der Waals surface area contributed by atoms with Crippen LogP contribution in [-0.2, 0) is 9.53 Å². The number of esters is 1. The molecule has 0 unspecified atom stereocenters. The molecule has 1 heterocycles. The zero-order chi connectivity index (χ0) is 22.1. The third kappa shape index (κ3) is 4.63. The Morgan fingerprint density at radius 3 is 2.53 bits per heavy atom. The standard InChI is InChI=1S/C22H20ClNO6/c1-22(2,3)30-17(25)11-24-20(27)18-19(26)14-9-8-12(10-16(14)29-21(18)28)13-6-4-5-7-15(13)23/h4-10,26H,11H2,1-3H3,(H,24,27). The molecule has 8 heteroatoms. The maximum absolute atomic E-state index is 12.4. The second-order valence-electron chi connectivity index (χ2n) is 7.57. The number of halogens is 1. The summed E-state index contributed by atoms with van der Waals surface area (Å²) in [6.45, 7) is 4.60. The van der Waals surface area contributed by atoms with Crippen LogP contribution in [0.2, 0.25) is 5.02 Å². The molecule has 7 nitrogen and oxygen atoms in total. The Morgan fingerprint density at radius 2 is 1.87 bits per heavy atom. The molecular formula is C22H20ClNO6. The molecule has 0 atom stereocenters. The molecule has 0 bridgehead atoms. The number of carbonyl (C=O) groups excluding carboxylic acids is 2. The first-order valence-corrected chi connectivity index (χ1v) is 9.49. The summed E-state index contributed by atoms with van der Waals surface area (Å²) in [6.07, 6.45) is 0. The van der Waals surface area contributed by atoms with Crippen molar-refractivity contribution < 1.29 is 23.8 Å². The van der Waals surface area contributed by atoms with E-state index in [0.717, 1.165) is 5.56 Å². The van der Waals surface area contributed by atoms with E-state index < -0.39 is 41.0 Å². The van der Waals surface area contributed by atoms with Crippen molar-refractivity contribution in [2.75, 3.05) is 6.54 Å². The molecule has 0 fully saturated rings. The number of amides is 1. The van der Waals surface area contributed by atoms with Crippen molar-refractivity contribution in [3.8, 4) is 16.9 Å². The Kier molecular flexibility index (Phi) is 5.85. The lowest BCUT2D eigenvalue weighted by Gasteiger charge is -2.19. The molecule has 0 aliphatic heterocycles. The Balaban J connectivity index is 1.91. The minimum Gasteiger partial charge on any atom is -0.506 e. The minimum absolute atomic E-state index is 0.0959. The van der Waals surface area contributed by atoms with E-state index in [4.69, 9.17) is 20.8 Å². The van der Waals surface area contributed by atoms with Crippen molar-refractivity contribution in [3.63, 3.8) is 0 Å². The maximum Gasteiger partial charge on any atom is 0.353 e. The summed E-state index contributed by atoms with van der Waals surface area (Å²) >= 11 is 6.21. The number of hydrogen-bond acceptors (Lipinski definition) is 6. The third-order valence-electron chi connectivity index (χ3n) is 4.11. The average Bonchev–Trinajstić information content (AvgIpc) is 2.65. The van der Waals surface area contributed by atoms with Crippen molar-refractivity contribution in [1.29, 1.82) is 0 Å². The first kappa shape index (κ1) is 21.4. The molecule has 3 aromatic rings. The smallest absolute Gasteiger partial charge is 0.353 e. The summed E-state index contributed by atoms with van der Waals surface area (Å²) in [6, 6.07) is 11.9. The molecule has 30 heavy (non-hydrogen) atoms. The molecule has 0 radical (unpaired) electrons. The maximum atomic E-state index is 12.4. The highest BCUT2D eigenvalue weighted by Gasteiger charge is 2.23. The molecule has 0 saturated carbocycles. The van der Waals surface area contributed by atoms with Crippen molar-refractivity contribution in [2.45, 2.75) is 26.4 Å². The van der Waals surface area contributed by atoms with E-state index in [1.165, 1.54) is 6.07 Å². The van der Waals surface area contributed by atoms with Crippen molar-refractivity contribution in [3.05, 3.63) is 63.5 Å². The van der Waals surface area contributed by atoms with Crippen LogP contribution in [0.4, 0.5) is 0 Å². The number of rotatable bonds is 4. The largest absolute Gasteiger partial charge is 0.506 e. The van der Waals surface area contributed by atoms with Gasteiger partial charge in [-0.1, -0.05) is 35.9 Å². The molecule has 0 saturated heterocycles. The summed E-state index contributed by atoms with van der Waals surface area (Å²) in [7, 11) is 0. The fourth-order valence-electron chi connectivity index (χ4n) is 2.87. The van der Waals surface area contributed by atoms with Gasteiger partial charge in [-0.15, -0.1) is 0 Å². The summed E-state index contributed by atoms with van der Waals surface area (Å²) in [5, 5.41) is 13.5. The second-order valence-corrected chi connectivity index (χ2v) is 7.98. The molecule has 0 aliphatic rings. The zero-order valence-electron chi connectivity index (χ0n) is 16.6. The second kappa shape index (κ2) is 8.20. The summed E-state index contributed by atoms with van der Waals surface area (Å²) in [5.74, 6) is -2.15. The molecule has 1 amide bonds. The van der Waals surface area contributed by atoms with Gasteiger partial charge >= 0.3 is 11.6 Å². The predicted octanol–water partition coefficient (Wildman–Crippen LogP) is 3.89. The van der Waals surface area contributed by atoms with Gasteiger partial charge in [-0.05, 0) is 44.5 Å². The summed E-state index contributed by atoms with van der Waals surface area (Å²) in [4.78, 5) is 36.5. The molecule has 156 valence electrons. The van der Waals surface area contributed by atoms with Crippen LogP contribution in [0, 0.1) is 0 Å². The minimum atomic E-state index is -1.03. The van der Waals surface area contributed by atoms with Gasteiger partial charge < -0.3 is 19.6 Å². The third-order valence-corrected chi connectivity index (χ3v) is 4.44. The lowest BCUT2D eigenvalue weighted by atomic mass is 10.0. The van der Waals surface area contributed by atoms with Crippen molar-refractivity contribution in [1.82, 2.24) is 5.32 Å². The van der Waals surface area contributed by atoms with Crippen LogP contribution in [0.5, 0.6) is 5.75 Å². The first-order valence-electron chi connectivity index (χ1n) is 9.11. The molecule has 2 N–H and O–H groups in total. The van der Waals surface area contributed by atoms with Crippen LogP contribution in [0.25, 0.3) is 22.1 Å². The van der Waals surface area contributed by atoms with Gasteiger partial charge in [-0.25, -0.2) is 4.79 Å². The van der Waals surface area contributed by atoms with E-state index in [9.17, 15) is 19.5 Å². The normalized spacial score (nSPS) is 11.3.